The highest BCUT2D eigenvalue weighted by Crippen LogP contribution is 2.43. The molecule has 5 rings (SSSR count). The second-order valence-electron chi connectivity index (χ2n) is 8.72. The van der Waals surface area contributed by atoms with Gasteiger partial charge in [-0.25, -0.2) is 0 Å². The number of halogens is 1. The molecule has 1 aromatic heterocycles. The van der Waals surface area contributed by atoms with Gasteiger partial charge in [0.05, 0.1) is 25.8 Å². The zero-order valence-electron chi connectivity index (χ0n) is 20.3. The number of fused-ring (bicyclic) bond motifs is 1. The second-order valence-corrected chi connectivity index (χ2v) is 9.63. The lowest BCUT2D eigenvalue weighted by atomic mass is 9.94. The molecule has 0 aliphatic carbocycles. The Morgan fingerprint density at radius 1 is 1.03 bits per heavy atom. The van der Waals surface area contributed by atoms with Gasteiger partial charge in [-0.2, -0.15) is 0 Å². The Morgan fingerprint density at radius 2 is 1.78 bits per heavy atom. The number of aromatic nitrogens is 1. The Hall–Kier alpha value is -4.04. The number of hydrogen-bond donors (Lipinski definition) is 2. The first-order chi connectivity index (χ1) is 17.9. The fourth-order valence-electron chi connectivity index (χ4n) is 4.82. The molecule has 2 N–H and O–H groups in total. The van der Waals surface area contributed by atoms with Gasteiger partial charge >= 0.3 is 0 Å². The second kappa shape index (κ2) is 10.1. The first kappa shape index (κ1) is 24.6. The van der Waals surface area contributed by atoms with Crippen LogP contribution in [0.1, 0.15) is 22.7 Å². The van der Waals surface area contributed by atoms with E-state index < -0.39 is 17.7 Å². The van der Waals surface area contributed by atoms with Crippen molar-refractivity contribution in [3.05, 3.63) is 99.7 Å². The molecule has 1 atom stereocenters. The molecule has 1 amide bonds. The van der Waals surface area contributed by atoms with Gasteiger partial charge in [-0.05, 0) is 48.4 Å². The number of H-pyrrole nitrogens is 1. The zero-order chi connectivity index (χ0) is 26.1. The molecule has 1 aliphatic rings. The van der Waals surface area contributed by atoms with Gasteiger partial charge in [-0.1, -0.05) is 46.3 Å². The maximum Gasteiger partial charge on any atom is 0.295 e. The molecule has 0 saturated carbocycles. The van der Waals surface area contributed by atoms with Crippen molar-refractivity contribution < 1.29 is 24.2 Å². The Morgan fingerprint density at radius 3 is 2.51 bits per heavy atom. The minimum absolute atomic E-state index is 0.0393. The number of likely N-dealkylation sites (tertiary alicyclic amines) is 1. The van der Waals surface area contributed by atoms with Crippen LogP contribution in [-0.4, -0.2) is 47.4 Å². The van der Waals surface area contributed by atoms with Crippen LogP contribution in [0.5, 0.6) is 11.5 Å². The number of carbonyl (C=O) groups is 2. The number of ether oxygens (including phenoxy) is 2. The van der Waals surface area contributed by atoms with Crippen molar-refractivity contribution in [1.82, 2.24) is 9.88 Å². The third-order valence-electron chi connectivity index (χ3n) is 6.69. The number of Topliss-reactive ketones (excluding diaryl/α,β-unsaturated/α-hetero) is 1. The summed E-state index contributed by atoms with van der Waals surface area (Å²) in [7, 11) is 3.16. The lowest BCUT2D eigenvalue weighted by Gasteiger charge is -2.26. The molecule has 1 aliphatic heterocycles. The van der Waals surface area contributed by atoms with Crippen LogP contribution < -0.4 is 9.47 Å². The average molecular weight is 561 g/mol. The van der Waals surface area contributed by atoms with Gasteiger partial charge in [0.2, 0.25) is 0 Å². The number of aromatic amines is 1. The number of benzene rings is 3. The van der Waals surface area contributed by atoms with E-state index in [0.717, 1.165) is 26.7 Å². The number of amides is 1. The molecule has 8 heteroatoms. The quantitative estimate of drug-likeness (QED) is 0.174. The maximum absolute atomic E-state index is 13.4. The van der Waals surface area contributed by atoms with Gasteiger partial charge in [0.15, 0.2) is 0 Å². The summed E-state index contributed by atoms with van der Waals surface area (Å²) in [6.45, 7) is 0.259. The number of carbonyl (C=O) groups excluding carboxylic acids is 2. The molecule has 2 heterocycles. The summed E-state index contributed by atoms with van der Waals surface area (Å²) in [6.07, 6.45) is 2.39. The molecule has 0 radical (unpaired) electrons. The Balaban J connectivity index is 1.58. The summed E-state index contributed by atoms with van der Waals surface area (Å²) in [5, 5.41) is 12.3. The summed E-state index contributed by atoms with van der Waals surface area (Å²) in [5.41, 5.74) is 3.06. The molecular weight excluding hydrogens is 536 g/mol. The van der Waals surface area contributed by atoms with E-state index in [2.05, 4.69) is 20.9 Å². The smallest absolute Gasteiger partial charge is 0.295 e. The van der Waals surface area contributed by atoms with Gasteiger partial charge in [0.1, 0.15) is 17.3 Å². The predicted molar refractivity (Wildman–Crippen MR) is 145 cm³/mol. The third kappa shape index (κ3) is 4.49. The van der Waals surface area contributed by atoms with E-state index in [1.807, 2.05) is 42.6 Å². The molecule has 37 heavy (non-hydrogen) atoms. The molecule has 4 aromatic rings. The van der Waals surface area contributed by atoms with E-state index in [1.165, 1.54) is 4.90 Å². The van der Waals surface area contributed by atoms with Crippen LogP contribution in [0.25, 0.3) is 16.7 Å². The summed E-state index contributed by atoms with van der Waals surface area (Å²) < 4.78 is 11.8. The molecule has 0 spiro atoms. The molecule has 0 bridgehead atoms. The Bertz CT molecular complexity index is 1520. The molecule has 0 unspecified atom stereocenters. The molecule has 7 nitrogen and oxygen atoms in total. The normalized spacial score (nSPS) is 16.9. The van der Waals surface area contributed by atoms with Crippen molar-refractivity contribution in [3.63, 3.8) is 0 Å². The van der Waals surface area contributed by atoms with Crippen LogP contribution in [-0.2, 0) is 16.0 Å². The number of aliphatic hydroxyl groups excluding tert-OH is 1. The number of aliphatic hydroxyl groups is 1. The number of rotatable bonds is 7. The van der Waals surface area contributed by atoms with E-state index in [9.17, 15) is 14.7 Å². The highest BCUT2D eigenvalue weighted by molar-refractivity contribution is 9.10. The third-order valence-corrected chi connectivity index (χ3v) is 7.22. The molecule has 1 saturated heterocycles. The first-order valence-electron chi connectivity index (χ1n) is 11.7. The number of para-hydroxylation sites is 1. The molecule has 1 fully saturated rings. The Kier molecular flexibility index (Phi) is 6.76. The van der Waals surface area contributed by atoms with Crippen molar-refractivity contribution in [2.45, 2.75) is 12.5 Å². The summed E-state index contributed by atoms with van der Waals surface area (Å²) in [4.78, 5) is 31.5. The first-order valence-corrected chi connectivity index (χ1v) is 12.5. The van der Waals surface area contributed by atoms with E-state index >= 15 is 0 Å². The van der Waals surface area contributed by atoms with E-state index in [1.54, 1.807) is 44.6 Å². The lowest BCUT2D eigenvalue weighted by Crippen LogP contribution is -2.31. The summed E-state index contributed by atoms with van der Waals surface area (Å²) in [6, 6.07) is 19.1. The van der Waals surface area contributed by atoms with Crippen molar-refractivity contribution in [3.8, 4) is 11.5 Å². The van der Waals surface area contributed by atoms with Crippen LogP contribution in [0.3, 0.4) is 0 Å². The fraction of sp³-hybridized carbons (Fsp3) is 0.172. The van der Waals surface area contributed by atoms with Gasteiger partial charge in [0, 0.05) is 39.2 Å². The SMILES string of the molecule is COc1ccc2[nH]cc(CCN3C(=O)C(=O)C(=C(O)c4ccc(Br)cc4)[C@H]3c3ccccc3OC)c2c1. The number of ketones is 1. The van der Waals surface area contributed by atoms with Crippen molar-refractivity contribution >= 4 is 44.3 Å². The van der Waals surface area contributed by atoms with Crippen LogP contribution in [0.4, 0.5) is 0 Å². The number of nitrogens with one attached hydrogen (secondary N) is 1. The maximum atomic E-state index is 13.4. The Labute approximate surface area is 222 Å². The van der Waals surface area contributed by atoms with E-state index in [-0.39, 0.29) is 17.9 Å². The predicted octanol–water partition coefficient (Wildman–Crippen LogP) is 5.61. The van der Waals surface area contributed by atoms with E-state index in [0.29, 0.717) is 23.3 Å². The number of nitrogens with zero attached hydrogens (tertiary/aromatic N) is 1. The van der Waals surface area contributed by atoms with Crippen LogP contribution in [0.2, 0.25) is 0 Å². The van der Waals surface area contributed by atoms with E-state index in [4.69, 9.17) is 9.47 Å². The highest BCUT2D eigenvalue weighted by atomic mass is 79.9. The van der Waals surface area contributed by atoms with Crippen LogP contribution >= 0.6 is 15.9 Å². The summed E-state index contributed by atoms with van der Waals surface area (Å²) in [5.74, 6) is -0.347. The number of hydrogen-bond acceptors (Lipinski definition) is 5. The van der Waals surface area contributed by atoms with Gasteiger partial charge < -0.3 is 24.5 Å². The molecule has 188 valence electrons. The fourth-order valence-corrected chi connectivity index (χ4v) is 5.09. The van der Waals surface area contributed by atoms with Gasteiger partial charge in [-0.3, -0.25) is 9.59 Å². The van der Waals surface area contributed by atoms with Crippen molar-refractivity contribution in [1.29, 1.82) is 0 Å². The minimum Gasteiger partial charge on any atom is -0.507 e. The van der Waals surface area contributed by atoms with Crippen molar-refractivity contribution in [2.75, 3.05) is 20.8 Å². The highest BCUT2D eigenvalue weighted by Gasteiger charge is 2.46. The summed E-state index contributed by atoms with van der Waals surface area (Å²) >= 11 is 3.39. The zero-order valence-corrected chi connectivity index (χ0v) is 21.9. The minimum atomic E-state index is -0.806. The molecular formula is C29H25BrN2O5. The van der Waals surface area contributed by atoms with Gasteiger partial charge in [0.25, 0.3) is 11.7 Å². The van der Waals surface area contributed by atoms with Crippen LogP contribution in [0, 0.1) is 0 Å². The largest absolute Gasteiger partial charge is 0.507 e. The van der Waals surface area contributed by atoms with Crippen molar-refractivity contribution in [2.24, 2.45) is 0 Å². The number of methoxy groups -OCH3 is 2. The topological polar surface area (TPSA) is 91.9 Å². The molecule has 3 aromatic carbocycles. The lowest BCUT2D eigenvalue weighted by molar-refractivity contribution is -0.139. The standard InChI is InChI=1S/C29H25BrN2O5/c1-36-20-11-12-23-22(15-20)18(16-31-23)13-14-32-26(21-5-3-4-6-24(21)37-2)25(28(34)29(32)35)27(33)17-7-9-19(30)10-8-17/h3-12,15-16,26,31,33H,13-14H2,1-2H3/t26-/m1/s1. The van der Waals surface area contributed by atoms with Crippen LogP contribution in [0.15, 0.2) is 83.0 Å². The van der Waals surface area contributed by atoms with Gasteiger partial charge in [-0.15, -0.1) is 0 Å². The average Bonchev–Trinajstić information content (AvgIpc) is 3.44. The monoisotopic (exact) mass is 560 g/mol.